The number of carbonyl (C=O) groups excluding carboxylic acids is 2. The van der Waals surface area contributed by atoms with E-state index in [1.54, 1.807) is 24.1 Å². The summed E-state index contributed by atoms with van der Waals surface area (Å²) in [6.07, 6.45) is 2.08. The van der Waals surface area contributed by atoms with Gasteiger partial charge in [-0.25, -0.2) is 0 Å². The molecule has 2 amide bonds. The normalized spacial score (nSPS) is 14.4. The van der Waals surface area contributed by atoms with Crippen LogP contribution in [0.2, 0.25) is 5.02 Å². The Morgan fingerprint density at radius 3 is 2.60 bits per heavy atom. The minimum absolute atomic E-state index is 0.0136. The van der Waals surface area contributed by atoms with Crippen molar-refractivity contribution in [2.75, 3.05) is 32.4 Å². The van der Waals surface area contributed by atoms with Crippen molar-refractivity contribution in [1.29, 1.82) is 0 Å². The van der Waals surface area contributed by atoms with Gasteiger partial charge in [-0.1, -0.05) is 11.6 Å². The molecule has 6 heteroatoms. The van der Waals surface area contributed by atoms with Gasteiger partial charge in [-0.3, -0.25) is 9.59 Å². The van der Waals surface area contributed by atoms with Crippen molar-refractivity contribution in [3.05, 3.63) is 28.8 Å². The number of nitrogen functional groups attached to an aromatic ring is 1. The van der Waals surface area contributed by atoms with Crippen LogP contribution < -0.4 is 5.73 Å². The lowest BCUT2D eigenvalue weighted by Gasteiger charge is -2.21. The Hall–Kier alpha value is -1.75. The first-order valence-electron chi connectivity index (χ1n) is 6.57. The van der Waals surface area contributed by atoms with Crippen LogP contribution in [0, 0.1) is 0 Å². The van der Waals surface area contributed by atoms with Crippen LogP contribution in [-0.4, -0.2) is 48.3 Å². The van der Waals surface area contributed by atoms with Crippen molar-refractivity contribution in [3.8, 4) is 0 Å². The molecular weight excluding hydrogens is 278 g/mol. The fourth-order valence-corrected chi connectivity index (χ4v) is 2.36. The summed E-state index contributed by atoms with van der Waals surface area (Å²) < 4.78 is 0. The Morgan fingerprint density at radius 2 is 2.00 bits per heavy atom. The molecule has 108 valence electrons. The molecule has 20 heavy (non-hydrogen) atoms. The molecule has 0 spiro atoms. The largest absolute Gasteiger partial charge is 0.398 e. The van der Waals surface area contributed by atoms with Crippen LogP contribution >= 0.6 is 11.6 Å². The molecule has 0 bridgehead atoms. The maximum atomic E-state index is 12.2. The van der Waals surface area contributed by atoms with Crippen molar-refractivity contribution in [3.63, 3.8) is 0 Å². The average molecular weight is 296 g/mol. The number of nitrogens with zero attached hydrogens (tertiary/aromatic N) is 2. The third kappa shape index (κ3) is 3.22. The monoisotopic (exact) mass is 295 g/mol. The van der Waals surface area contributed by atoms with E-state index in [2.05, 4.69) is 0 Å². The molecule has 1 aromatic rings. The number of likely N-dealkylation sites (tertiary alicyclic amines) is 1. The first-order chi connectivity index (χ1) is 9.49. The zero-order chi connectivity index (χ0) is 14.7. The molecule has 0 aromatic heterocycles. The summed E-state index contributed by atoms with van der Waals surface area (Å²) in [6, 6.07) is 4.72. The highest BCUT2D eigenvalue weighted by Gasteiger charge is 2.21. The van der Waals surface area contributed by atoms with Crippen molar-refractivity contribution >= 4 is 29.1 Å². The molecule has 2 N–H and O–H groups in total. The van der Waals surface area contributed by atoms with Gasteiger partial charge in [-0.15, -0.1) is 0 Å². The number of benzene rings is 1. The fraction of sp³-hybridized carbons (Fsp3) is 0.429. The van der Waals surface area contributed by atoms with Gasteiger partial charge < -0.3 is 15.5 Å². The van der Waals surface area contributed by atoms with E-state index in [1.807, 2.05) is 0 Å². The average Bonchev–Trinajstić information content (AvgIpc) is 2.95. The highest BCUT2D eigenvalue weighted by Crippen LogP contribution is 2.20. The summed E-state index contributed by atoms with van der Waals surface area (Å²) in [5, 5.41) is 0.414. The summed E-state index contributed by atoms with van der Waals surface area (Å²) >= 11 is 5.82. The second-order valence-electron chi connectivity index (χ2n) is 4.99. The molecule has 5 nitrogen and oxygen atoms in total. The van der Waals surface area contributed by atoms with Crippen LogP contribution in [0.5, 0.6) is 0 Å². The van der Waals surface area contributed by atoms with E-state index in [-0.39, 0.29) is 18.4 Å². The molecule has 0 aliphatic carbocycles. The SMILES string of the molecule is CN(CC(=O)N1CCCC1)C(=O)c1ccc(Cl)c(N)c1. The summed E-state index contributed by atoms with van der Waals surface area (Å²) in [7, 11) is 1.61. The van der Waals surface area contributed by atoms with E-state index < -0.39 is 0 Å². The topological polar surface area (TPSA) is 66.6 Å². The van der Waals surface area contributed by atoms with E-state index in [4.69, 9.17) is 17.3 Å². The molecule has 1 aliphatic rings. The number of nitrogens with two attached hydrogens (primary N) is 1. The summed E-state index contributed by atoms with van der Waals surface area (Å²) in [5.74, 6) is -0.249. The maximum absolute atomic E-state index is 12.2. The summed E-state index contributed by atoms with van der Waals surface area (Å²) in [4.78, 5) is 27.4. The lowest BCUT2D eigenvalue weighted by atomic mass is 10.2. The molecule has 1 saturated heterocycles. The van der Waals surface area contributed by atoms with Crippen LogP contribution in [0.15, 0.2) is 18.2 Å². The number of hydrogen-bond acceptors (Lipinski definition) is 3. The van der Waals surface area contributed by atoms with E-state index in [9.17, 15) is 9.59 Å². The van der Waals surface area contributed by atoms with E-state index in [1.165, 1.54) is 11.0 Å². The highest BCUT2D eigenvalue weighted by molar-refractivity contribution is 6.33. The van der Waals surface area contributed by atoms with Gasteiger partial charge in [0.2, 0.25) is 5.91 Å². The van der Waals surface area contributed by atoms with Gasteiger partial charge >= 0.3 is 0 Å². The van der Waals surface area contributed by atoms with Crippen LogP contribution in [0.4, 0.5) is 5.69 Å². The Balaban J connectivity index is 2.00. The van der Waals surface area contributed by atoms with Crippen molar-refractivity contribution in [1.82, 2.24) is 9.80 Å². The molecule has 2 rings (SSSR count). The number of halogens is 1. The molecule has 1 fully saturated rings. The highest BCUT2D eigenvalue weighted by atomic mass is 35.5. The predicted molar refractivity (Wildman–Crippen MR) is 78.6 cm³/mol. The Kier molecular flexibility index (Phi) is 4.49. The lowest BCUT2D eigenvalue weighted by molar-refractivity contribution is -0.130. The molecule has 1 aliphatic heterocycles. The minimum Gasteiger partial charge on any atom is -0.398 e. The summed E-state index contributed by atoms with van der Waals surface area (Å²) in [6.45, 7) is 1.66. The number of amides is 2. The Bertz CT molecular complexity index is 527. The maximum Gasteiger partial charge on any atom is 0.254 e. The zero-order valence-corrected chi connectivity index (χ0v) is 12.2. The fourth-order valence-electron chi connectivity index (χ4n) is 2.24. The third-order valence-corrected chi connectivity index (χ3v) is 3.77. The van der Waals surface area contributed by atoms with Crippen molar-refractivity contribution in [2.24, 2.45) is 0 Å². The number of likely N-dealkylation sites (N-methyl/N-ethyl adjacent to an activating group) is 1. The van der Waals surface area contributed by atoms with Crippen LogP contribution in [0.1, 0.15) is 23.2 Å². The molecule has 1 heterocycles. The minimum atomic E-state index is -0.235. The van der Waals surface area contributed by atoms with E-state index in [0.29, 0.717) is 16.3 Å². The lowest BCUT2D eigenvalue weighted by Crippen LogP contribution is -2.39. The van der Waals surface area contributed by atoms with Crippen molar-refractivity contribution < 1.29 is 9.59 Å². The van der Waals surface area contributed by atoms with Gasteiger partial charge in [-0.05, 0) is 31.0 Å². The van der Waals surface area contributed by atoms with Gasteiger partial charge in [0, 0.05) is 25.7 Å². The first kappa shape index (κ1) is 14.7. The third-order valence-electron chi connectivity index (χ3n) is 3.42. The Morgan fingerprint density at radius 1 is 1.35 bits per heavy atom. The van der Waals surface area contributed by atoms with Gasteiger partial charge in [-0.2, -0.15) is 0 Å². The number of anilines is 1. The molecule has 0 saturated carbocycles. The zero-order valence-electron chi connectivity index (χ0n) is 11.4. The standard InChI is InChI=1S/C14H18ClN3O2/c1-17(9-13(19)18-6-2-3-7-18)14(20)10-4-5-11(15)12(16)8-10/h4-5,8H,2-3,6-7,9,16H2,1H3. The van der Waals surface area contributed by atoms with E-state index >= 15 is 0 Å². The van der Waals surface area contributed by atoms with Crippen LogP contribution in [0.3, 0.4) is 0 Å². The quantitative estimate of drug-likeness (QED) is 0.862. The van der Waals surface area contributed by atoms with Gasteiger partial charge in [0.1, 0.15) is 0 Å². The second kappa shape index (κ2) is 6.13. The van der Waals surface area contributed by atoms with Crippen LogP contribution in [0.25, 0.3) is 0 Å². The van der Waals surface area contributed by atoms with Gasteiger partial charge in [0.15, 0.2) is 0 Å². The molecule has 0 atom stereocenters. The number of rotatable bonds is 3. The Labute approximate surface area is 123 Å². The smallest absolute Gasteiger partial charge is 0.254 e. The van der Waals surface area contributed by atoms with Crippen molar-refractivity contribution in [2.45, 2.75) is 12.8 Å². The second-order valence-corrected chi connectivity index (χ2v) is 5.39. The predicted octanol–water partition coefficient (Wildman–Crippen LogP) is 1.62. The first-order valence-corrected chi connectivity index (χ1v) is 6.95. The number of hydrogen-bond donors (Lipinski definition) is 1. The van der Waals surface area contributed by atoms with E-state index in [0.717, 1.165) is 25.9 Å². The summed E-state index contributed by atoms with van der Waals surface area (Å²) in [5.41, 5.74) is 6.47. The molecular formula is C14H18ClN3O2. The molecule has 0 radical (unpaired) electrons. The molecule has 1 aromatic carbocycles. The van der Waals surface area contributed by atoms with Crippen LogP contribution in [-0.2, 0) is 4.79 Å². The van der Waals surface area contributed by atoms with Gasteiger partial charge in [0.25, 0.3) is 5.91 Å². The van der Waals surface area contributed by atoms with Gasteiger partial charge in [0.05, 0.1) is 17.3 Å². The molecule has 0 unspecified atom stereocenters. The number of carbonyl (C=O) groups is 2.